The number of likely N-dealkylation sites (tertiary alicyclic amines) is 1. The van der Waals surface area contributed by atoms with Crippen LogP contribution in [0.3, 0.4) is 0 Å². The molecule has 0 unspecified atom stereocenters. The van der Waals surface area contributed by atoms with E-state index in [1.165, 1.54) is 4.90 Å². The highest BCUT2D eigenvalue weighted by Gasteiger charge is 2.53. The number of hydrogen-bond donors (Lipinski definition) is 0. The fraction of sp³-hybridized carbons (Fsp3) is 0.375. The lowest BCUT2D eigenvalue weighted by atomic mass is 9.80. The maximum atomic E-state index is 13.3. The van der Waals surface area contributed by atoms with Gasteiger partial charge >= 0.3 is 18.0 Å². The SMILES string of the molecule is O=C(OCC(Cl)(Cl)Cl)N1CCCC(C(=O)OCc2ccccc2)(C(=O)OCc2ccccc2)C1. The van der Waals surface area contributed by atoms with E-state index < -0.39 is 33.8 Å². The van der Waals surface area contributed by atoms with E-state index >= 15 is 0 Å². The lowest BCUT2D eigenvalue weighted by Crippen LogP contribution is -2.55. The highest BCUT2D eigenvalue weighted by Crippen LogP contribution is 2.35. The van der Waals surface area contributed by atoms with Gasteiger partial charge in [0.2, 0.25) is 3.79 Å². The number of amides is 1. The summed E-state index contributed by atoms with van der Waals surface area (Å²) in [7, 11) is 0. The average Bonchev–Trinajstić information content (AvgIpc) is 2.85. The van der Waals surface area contributed by atoms with Gasteiger partial charge in [-0.1, -0.05) is 95.5 Å². The molecule has 7 nitrogen and oxygen atoms in total. The molecule has 2 aromatic carbocycles. The number of carbonyl (C=O) groups excluding carboxylic acids is 3. The first kappa shape index (κ1) is 26.1. The second kappa shape index (κ2) is 11.8. The van der Waals surface area contributed by atoms with Crippen molar-refractivity contribution in [1.29, 1.82) is 0 Å². The largest absolute Gasteiger partial charge is 0.460 e. The van der Waals surface area contributed by atoms with Crippen LogP contribution in [0, 0.1) is 5.41 Å². The Balaban J connectivity index is 1.76. The van der Waals surface area contributed by atoms with Gasteiger partial charge in [0.1, 0.15) is 19.8 Å². The van der Waals surface area contributed by atoms with Crippen molar-refractivity contribution in [2.24, 2.45) is 5.41 Å². The van der Waals surface area contributed by atoms with E-state index in [1.807, 2.05) is 36.4 Å². The fourth-order valence-electron chi connectivity index (χ4n) is 3.59. The summed E-state index contributed by atoms with van der Waals surface area (Å²) < 4.78 is 14.3. The van der Waals surface area contributed by atoms with E-state index in [4.69, 9.17) is 49.0 Å². The second-order valence-electron chi connectivity index (χ2n) is 7.90. The molecule has 10 heteroatoms. The Hall–Kier alpha value is -2.48. The van der Waals surface area contributed by atoms with Crippen LogP contribution in [0.5, 0.6) is 0 Å². The molecule has 0 spiro atoms. The maximum absolute atomic E-state index is 13.3. The third kappa shape index (κ3) is 7.26. The van der Waals surface area contributed by atoms with E-state index in [9.17, 15) is 14.4 Å². The normalized spacial score (nSPS) is 15.3. The standard InChI is InChI=1S/C24H24Cl3NO6/c25-24(26,27)17-34-22(31)28-13-7-12-23(16-28,20(29)32-14-18-8-3-1-4-9-18)21(30)33-15-19-10-5-2-6-11-19/h1-6,8-11H,7,12-17H2. The van der Waals surface area contributed by atoms with Crippen LogP contribution in [0.1, 0.15) is 24.0 Å². The molecule has 0 N–H and O–H groups in total. The Bertz CT molecular complexity index is 926. The van der Waals surface area contributed by atoms with E-state index in [1.54, 1.807) is 24.3 Å². The lowest BCUT2D eigenvalue weighted by Gasteiger charge is -2.38. The minimum Gasteiger partial charge on any atom is -0.460 e. The lowest BCUT2D eigenvalue weighted by molar-refractivity contribution is -0.178. The highest BCUT2D eigenvalue weighted by molar-refractivity contribution is 6.67. The summed E-state index contributed by atoms with van der Waals surface area (Å²) in [6.45, 7) is -0.529. The van der Waals surface area contributed by atoms with Gasteiger partial charge in [-0.15, -0.1) is 0 Å². The number of ether oxygens (including phenoxy) is 3. The Morgan fingerprint density at radius 2 is 1.32 bits per heavy atom. The first-order valence-electron chi connectivity index (χ1n) is 10.6. The minimum atomic E-state index is -1.79. The zero-order chi connectivity index (χ0) is 24.6. The van der Waals surface area contributed by atoms with Crippen molar-refractivity contribution in [3.8, 4) is 0 Å². The van der Waals surface area contributed by atoms with Crippen LogP contribution in [0.4, 0.5) is 4.79 Å². The molecule has 182 valence electrons. The number of hydrogen-bond acceptors (Lipinski definition) is 6. The summed E-state index contributed by atoms with van der Waals surface area (Å²) >= 11 is 17.0. The zero-order valence-electron chi connectivity index (χ0n) is 18.3. The summed E-state index contributed by atoms with van der Waals surface area (Å²) in [4.78, 5) is 40.3. The molecule has 34 heavy (non-hydrogen) atoms. The summed E-state index contributed by atoms with van der Waals surface area (Å²) in [6, 6.07) is 18.2. The van der Waals surface area contributed by atoms with Crippen LogP contribution in [0.2, 0.25) is 0 Å². The van der Waals surface area contributed by atoms with Crippen LogP contribution >= 0.6 is 34.8 Å². The van der Waals surface area contributed by atoms with Crippen LogP contribution in [-0.2, 0) is 37.0 Å². The van der Waals surface area contributed by atoms with Crippen LogP contribution in [-0.4, -0.2) is 46.4 Å². The molecule has 3 rings (SSSR count). The van der Waals surface area contributed by atoms with Gasteiger partial charge in [-0.2, -0.15) is 0 Å². The number of alkyl halides is 3. The predicted octanol–water partition coefficient (Wildman–Crippen LogP) is 5.06. The fourth-order valence-corrected chi connectivity index (χ4v) is 3.75. The molecule has 1 heterocycles. The van der Waals surface area contributed by atoms with E-state index in [2.05, 4.69) is 0 Å². The monoisotopic (exact) mass is 527 g/mol. The van der Waals surface area contributed by atoms with Gasteiger partial charge in [0.25, 0.3) is 0 Å². The number of halogens is 3. The Kier molecular flexibility index (Phi) is 9.05. The molecule has 1 amide bonds. The van der Waals surface area contributed by atoms with E-state index in [0.717, 1.165) is 11.1 Å². The smallest absolute Gasteiger partial charge is 0.409 e. The Morgan fingerprint density at radius 3 is 1.79 bits per heavy atom. The number of piperidine rings is 1. The molecule has 1 aliphatic rings. The van der Waals surface area contributed by atoms with Gasteiger partial charge < -0.3 is 19.1 Å². The van der Waals surface area contributed by atoms with E-state index in [0.29, 0.717) is 6.42 Å². The number of esters is 2. The molecule has 0 aromatic heterocycles. The minimum absolute atomic E-state index is 0.0227. The molecule has 0 radical (unpaired) electrons. The Labute approximate surface area is 212 Å². The second-order valence-corrected chi connectivity index (χ2v) is 10.4. The molecule has 0 atom stereocenters. The van der Waals surface area contributed by atoms with E-state index in [-0.39, 0.29) is 32.7 Å². The van der Waals surface area contributed by atoms with Gasteiger partial charge in [0.15, 0.2) is 5.41 Å². The van der Waals surface area contributed by atoms with Crippen molar-refractivity contribution in [2.45, 2.75) is 29.8 Å². The summed E-state index contributed by atoms with van der Waals surface area (Å²) in [6.07, 6.45) is -0.297. The molecule has 1 aliphatic heterocycles. The van der Waals surface area contributed by atoms with Crippen molar-refractivity contribution < 1.29 is 28.6 Å². The van der Waals surface area contributed by atoms with Gasteiger partial charge in [0.05, 0.1) is 6.54 Å². The van der Waals surface area contributed by atoms with Gasteiger partial charge in [-0.05, 0) is 24.0 Å². The maximum Gasteiger partial charge on any atom is 0.409 e. The molecule has 0 saturated carbocycles. The van der Waals surface area contributed by atoms with Crippen LogP contribution in [0.25, 0.3) is 0 Å². The number of carbonyl (C=O) groups is 3. The van der Waals surface area contributed by atoms with Crippen LogP contribution < -0.4 is 0 Å². The number of nitrogens with zero attached hydrogens (tertiary/aromatic N) is 1. The first-order chi connectivity index (χ1) is 16.2. The zero-order valence-corrected chi connectivity index (χ0v) is 20.5. The molecule has 0 bridgehead atoms. The van der Waals surface area contributed by atoms with Crippen LogP contribution in [0.15, 0.2) is 60.7 Å². The average molecular weight is 529 g/mol. The van der Waals surface area contributed by atoms with Crippen molar-refractivity contribution in [2.75, 3.05) is 19.7 Å². The quantitative estimate of drug-likeness (QED) is 0.216. The molecule has 0 aliphatic carbocycles. The predicted molar refractivity (Wildman–Crippen MR) is 127 cm³/mol. The molecule has 1 fully saturated rings. The molecular formula is C24H24Cl3NO6. The third-order valence-corrected chi connectivity index (χ3v) is 5.64. The van der Waals surface area contributed by atoms with Crippen molar-refractivity contribution in [3.05, 3.63) is 71.8 Å². The van der Waals surface area contributed by atoms with Crippen molar-refractivity contribution in [3.63, 3.8) is 0 Å². The van der Waals surface area contributed by atoms with Crippen molar-refractivity contribution >= 4 is 52.8 Å². The van der Waals surface area contributed by atoms with Crippen molar-refractivity contribution in [1.82, 2.24) is 4.90 Å². The Morgan fingerprint density at radius 1 is 0.824 bits per heavy atom. The summed E-state index contributed by atoms with van der Waals surface area (Å²) in [5, 5.41) is 0. The summed E-state index contributed by atoms with van der Waals surface area (Å²) in [5.41, 5.74) is -0.183. The number of benzene rings is 2. The molecule has 1 saturated heterocycles. The van der Waals surface area contributed by atoms with Gasteiger partial charge in [-0.25, -0.2) is 4.79 Å². The molecular weight excluding hydrogens is 505 g/mol. The first-order valence-corrected chi connectivity index (χ1v) is 11.7. The topological polar surface area (TPSA) is 82.1 Å². The van der Waals surface area contributed by atoms with Gasteiger partial charge in [0, 0.05) is 6.54 Å². The highest BCUT2D eigenvalue weighted by atomic mass is 35.6. The van der Waals surface area contributed by atoms with Gasteiger partial charge in [-0.3, -0.25) is 9.59 Å². The summed E-state index contributed by atoms with van der Waals surface area (Å²) in [5.74, 6) is -1.54. The third-order valence-electron chi connectivity index (χ3n) is 5.32. The number of rotatable bonds is 7. The molecule has 2 aromatic rings.